The number of imidazole rings is 1. The van der Waals surface area contributed by atoms with Crippen LogP contribution in [0.3, 0.4) is 0 Å². The van der Waals surface area contributed by atoms with Crippen molar-refractivity contribution >= 4 is 5.91 Å². The third-order valence-electron chi connectivity index (χ3n) is 7.07. The van der Waals surface area contributed by atoms with Crippen molar-refractivity contribution in [2.24, 2.45) is 5.73 Å². The fraction of sp³-hybridized carbons (Fsp3) is 0.500. The first-order valence-corrected chi connectivity index (χ1v) is 14.2. The highest BCUT2D eigenvalue weighted by molar-refractivity contribution is 5.85. The van der Waals surface area contributed by atoms with E-state index < -0.39 is 5.92 Å². The minimum Gasteiger partial charge on any atom is -0.494 e. The molecule has 3 aromatic rings. The van der Waals surface area contributed by atoms with Gasteiger partial charge in [-0.15, -0.1) is 0 Å². The SMILES string of the molecule is CCCCCCCCCCCCCCOc1ccc(C(C(N)=O)c2cccc(-n3ccnc3C)c2)cc1. The summed E-state index contributed by atoms with van der Waals surface area (Å²) in [6.45, 7) is 4.95. The van der Waals surface area contributed by atoms with Crippen LogP contribution in [0.25, 0.3) is 5.69 Å². The van der Waals surface area contributed by atoms with Crippen molar-refractivity contribution in [1.82, 2.24) is 9.55 Å². The number of amides is 1. The van der Waals surface area contributed by atoms with E-state index in [0.717, 1.165) is 41.4 Å². The number of unbranched alkanes of at least 4 members (excludes halogenated alkanes) is 11. The van der Waals surface area contributed by atoms with Crippen molar-refractivity contribution in [1.29, 1.82) is 0 Å². The Morgan fingerprint density at radius 1 is 0.865 bits per heavy atom. The molecule has 1 aromatic heterocycles. The molecule has 5 heteroatoms. The molecule has 0 spiro atoms. The van der Waals surface area contributed by atoms with Crippen molar-refractivity contribution < 1.29 is 9.53 Å². The molecule has 1 atom stereocenters. The number of benzene rings is 2. The molecule has 0 bridgehead atoms. The molecular formula is C32H45N3O2. The van der Waals surface area contributed by atoms with E-state index in [1.807, 2.05) is 66.2 Å². The second-order valence-electron chi connectivity index (χ2n) is 10.1. The van der Waals surface area contributed by atoms with Gasteiger partial charge in [-0.2, -0.15) is 0 Å². The molecule has 0 fully saturated rings. The molecule has 1 unspecified atom stereocenters. The molecule has 0 saturated carbocycles. The van der Waals surface area contributed by atoms with Crippen LogP contribution in [0, 0.1) is 6.92 Å². The Bertz CT molecular complexity index is 1060. The highest BCUT2D eigenvalue weighted by Crippen LogP contribution is 2.28. The molecule has 200 valence electrons. The summed E-state index contributed by atoms with van der Waals surface area (Å²) in [6.07, 6.45) is 19.7. The standard InChI is InChI=1S/C32H45N3O2/c1-3-4-5-6-7-8-9-10-11-12-13-14-24-37-30-20-18-27(19-21-30)31(32(33)36)28-16-15-17-29(25-28)35-23-22-34-26(35)2/h15-23,25,31H,3-14,24H2,1-2H3,(H2,33,36). The number of rotatable bonds is 18. The maximum Gasteiger partial charge on any atom is 0.229 e. The zero-order valence-electron chi connectivity index (χ0n) is 22.8. The minimum atomic E-state index is -0.519. The van der Waals surface area contributed by atoms with E-state index in [4.69, 9.17) is 10.5 Å². The zero-order chi connectivity index (χ0) is 26.3. The second kappa shape index (κ2) is 15.9. The highest BCUT2D eigenvalue weighted by atomic mass is 16.5. The number of primary amides is 1. The van der Waals surface area contributed by atoms with Gasteiger partial charge < -0.3 is 15.0 Å². The summed E-state index contributed by atoms with van der Waals surface area (Å²) in [6, 6.07) is 15.7. The van der Waals surface area contributed by atoms with Crippen LogP contribution >= 0.6 is 0 Å². The third-order valence-corrected chi connectivity index (χ3v) is 7.07. The van der Waals surface area contributed by atoms with Gasteiger partial charge in [-0.25, -0.2) is 4.98 Å². The van der Waals surface area contributed by atoms with E-state index >= 15 is 0 Å². The summed E-state index contributed by atoms with van der Waals surface area (Å²) < 4.78 is 7.95. The van der Waals surface area contributed by atoms with E-state index in [1.165, 1.54) is 70.6 Å². The smallest absolute Gasteiger partial charge is 0.229 e. The largest absolute Gasteiger partial charge is 0.494 e. The van der Waals surface area contributed by atoms with Gasteiger partial charge in [0.1, 0.15) is 11.6 Å². The number of ether oxygens (including phenoxy) is 1. The van der Waals surface area contributed by atoms with Crippen LogP contribution in [0.1, 0.15) is 107 Å². The monoisotopic (exact) mass is 503 g/mol. The van der Waals surface area contributed by atoms with Gasteiger partial charge in [0.05, 0.1) is 12.5 Å². The normalized spacial score (nSPS) is 11.9. The molecule has 0 aliphatic heterocycles. The number of nitrogens with two attached hydrogens (primary N) is 1. The Morgan fingerprint density at radius 3 is 2.05 bits per heavy atom. The van der Waals surface area contributed by atoms with Gasteiger partial charge in [0, 0.05) is 18.1 Å². The van der Waals surface area contributed by atoms with Crippen molar-refractivity contribution in [2.45, 2.75) is 96.8 Å². The first kappa shape index (κ1) is 28.5. The number of nitrogens with zero attached hydrogens (tertiary/aromatic N) is 2. The average Bonchev–Trinajstić information content (AvgIpc) is 3.33. The Labute approximate surface area is 223 Å². The lowest BCUT2D eigenvalue weighted by molar-refractivity contribution is -0.118. The molecular weight excluding hydrogens is 458 g/mol. The lowest BCUT2D eigenvalue weighted by Crippen LogP contribution is -2.22. The van der Waals surface area contributed by atoms with Crippen molar-refractivity contribution in [3.05, 3.63) is 77.9 Å². The molecule has 0 radical (unpaired) electrons. The first-order valence-electron chi connectivity index (χ1n) is 14.2. The maximum absolute atomic E-state index is 12.4. The Kier molecular flexibility index (Phi) is 12.2. The lowest BCUT2D eigenvalue weighted by Gasteiger charge is -2.17. The molecule has 1 amide bonds. The Hall–Kier alpha value is -3.08. The highest BCUT2D eigenvalue weighted by Gasteiger charge is 2.21. The van der Waals surface area contributed by atoms with Gasteiger partial charge in [0.15, 0.2) is 0 Å². The van der Waals surface area contributed by atoms with Crippen LogP contribution in [0.2, 0.25) is 0 Å². The fourth-order valence-corrected chi connectivity index (χ4v) is 4.92. The Morgan fingerprint density at radius 2 is 1.49 bits per heavy atom. The van der Waals surface area contributed by atoms with Crippen molar-refractivity contribution in [2.75, 3.05) is 6.61 Å². The average molecular weight is 504 g/mol. The zero-order valence-corrected chi connectivity index (χ0v) is 22.8. The molecule has 0 saturated heterocycles. The number of aromatic nitrogens is 2. The van der Waals surface area contributed by atoms with Crippen LogP contribution < -0.4 is 10.5 Å². The summed E-state index contributed by atoms with van der Waals surface area (Å²) in [7, 11) is 0. The predicted octanol–water partition coefficient (Wildman–Crippen LogP) is 7.88. The summed E-state index contributed by atoms with van der Waals surface area (Å²) in [5, 5.41) is 0. The van der Waals surface area contributed by atoms with Crippen LogP contribution in [0.15, 0.2) is 60.9 Å². The topological polar surface area (TPSA) is 70.1 Å². The fourth-order valence-electron chi connectivity index (χ4n) is 4.92. The third kappa shape index (κ3) is 9.38. The molecule has 3 rings (SSSR count). The predicted molar refractivity (Wildman–Crippen MR) is 152 cm³/mol. The molecule has 5 nitrogen and oxygen atoms in total. The van der Waals surface area contributed by atoms with Gasteiger partial charge in [0.25, 0.3) is 0 Å². The van der Waals surface area contributed by atoms with Gasteiger partial charge >= 0.3 is 0 Å². The van der Waals surface area contributed by atoms with Crippen LogP contribution in [0.5, 0.6) is 5.75 Å². The first-order chi connectivity index (χ1) is 18.1. The van der Waals surface area contributed by atoms with Gasteiger partial charge in [-0.3, -0.25) is 4.79 Å². The molecule has 0 aliphatic carbocycles. The number of hydrogen-bond donors (Lipinski definition) is 1. The Balaban J connectivity index is 1.40. The van der Waals surface area contributed by atoms with E-state index in [1.54, 1.807) is 6.20 Å². The minimum absolute atomic E-state index is 0.371. The number of hydrogen-bond acceptors (Lipinski definition) is 3. The van der Waals surface area contributed by atoms with Crippen molar-refractivity contribution in [3.8, 4) is 11.4 Å². The van der Waals surface area contributed by atoms with Crippen molar-refractivity contribution in [3.63, 3.8) is 0 Å². The summed E-state index contributed by atoms with van der Waals surface area (Å²) in [4.78, 5) is 16.7. The molecule has 1 heterocycles. The number of carbonyl (C=O) groups is 1. The number of aryl methyl sites for hydroxylation is 1. The summed E-state index contributed by atoms with van der Waals surface area (Å²) >= 11 is 0. The quantitative estimate of drug-likeness (QED) is 0.179. The van der Waals surface area contributed by atoms with Gasteiger partial charge in [-0.05, 0) is 48.7 Å². The maximum atomic E-state index is 12.4. The lowest BCUT2D eigenvalue weighted by atomic mass is 9.90. The van der Waals surface area contributed by atoms with E-state index in [-0.39, 0.29) is 5.91 Å². The molecule has 2 aromatic carbocycles. The van der Waals surface area contributed by atoms with Gasteiger partial charge in [-0.1, -0.05) is 102 Å². The van der Waals surface area contributed by atoms with Crippen LogP contribution in [0.4, 0.5) is 0 Å². The molecule has 37 heavy (non-hydrogen) atoms. The van der Waals surface area contributed by atoms with Crippen LogP contribution in [-0.2, 0) is 4.79 Å². The summed E-state index contributed by atoms with van der Waals surface area (Å²) in [5.41, 5.74) is 8.53. The summed E-state index contributed by atoms with van der Waals surface area (Å²) in [5.74, 6) is 0.833. The van der Waals surface area contributed by atoms with E-state index in [0.29, 0.717) is 0 Å². The molecule has 0 aliphatic rings. The van der Waals surface area contributed by atoms with Crippen LogP contribution in [-0.4, -0.2) is 22.1 Å². The molecule has 2 N–H and O–H groups in total. The van der Waals surface area contributed by atoms with E-state index in [2.05, 4.69) is 11.9 Å². The second-order valence-corrected chi connectivity index (χ2v) is 10.1. The van der Waals surface area contributed by atoms with Gasteiger partial charge in [0.2, 0.25) is 5.91 Å². The number of carbonyl (C=O) groups excluding carboxylic acids is 1. The van der Waals surface area contributed by atoms with E-state index in [9.17, 15) is 4.79 Å².